The highest BCUT2D eigenvalue weighted by Crippen LogP contribution is 2.17. The molecule has 2 rings (SSSR count). The van der Waals surface area contributed by atoms with E-state index < -0.39 is 0 Å². The van der Waals surface area contributed by atoms with E-state index in [-0.39, 0.29) is 5.91 Å². The molecule has 0 aliphatic rings. The Balaban J connectivity index is 2.21. The Kier molecular flexibility index (Phi) is 6.24. The van der Waals surface area contributed by atoms with E-state index in [1.165, 1.54) is 17.1 Å². The second kappa shape index (κ2) is 8.17. The molecule has 1 heterocycles. The molecular weight excluding hydrogens is 308 g/mol. The first-order valence-electron chi connectivity index (χ1n) is 7.82. The summed E-state index contributed by atoms with van der Waals surface area (Å²) in [4.78, 5) is 17.6. The average molecular weight is 332 g/mol. The molecule has 23 heavy (non-hydrogen) atoms. The van der Waals surface area contributed by atoms with Crippen molar-refractivity contribution in [1.29, 1.82) is 0 Å². The van der Waals surface area contributed by atoms with Gasteiger partial charge in [-0.3, -0.25) is 4.79 Å². The van der Waals surface area contributed by atoms with Crippen LogP contribution in [-0.4, -0.2) is 52.5 Å². The van der Waals surface area contributed by atoms with Crippen LogP contribution in [-0.2, 0) is 13.0 Å². The highest BCUT2D eigenvalue weighted by molar-refractivity contribution is 7.08. The lowest BCUT2D eigenvalue weighted by molar-refractivity contribution is 0.0735. The number of likely N-dealkylation sites (N-methyl/N-ethyl adjacent to an activating group) is 1. The lowest BCUT2D eigenvalue weighted by atomic mass is 10.1. The molecule has 2 aromatic rings. The van der Waals surface area contributed by atoms with Gasteiger partial charge in [0, 0.05) is 19.6 Å². The summed E-state index contributed by atoms with van der Waals surface area (Å²) in [5.41, 5.74) is 3.14. The Hall–Kier alpha value is -1.79. The predicted molar refractivity (Wildman–Crippen MR) is 93.8 cm³/mol. The quantitative estimate of drug-likeness (QED) is 0.782. The fraction of sp³-hybridized carbons (Fsp3) is 0.471. The SMILES string of the molecule is CCc1nnsc1C(=O)N(CCN(C)C)Cc1cccc(C)c1. The summed E-state index contributed by atoms with van der Waals surface area (Å²) in [5, 5.41) is 4.07. The molecule has 0 atom stereocenters. The summed E-state index contributed by atoms with van der Waals surface area (Å²) in [6.07, 6.45) is 0.726. The maximum Gasteiger partial charge on any atom is 0.267 e. The first-order valence-corrected chi connectivity index (χ1v) is 8.59. The van der Waals surface area contributed by atoms with Gasteiger partial charge in [0.2, 0.25) is 0 Å². The van der Waals surface area contributed by atoms with E-state index in [1.54, 1.807) is 0 Å². The summed E-state index contributed by atoms with van der Waals surface area (Å²) < 4.78 is 3.95. The van der Waals surface area contributed by atoms with Crippen LogP contribution in [0, 0.1) is 6.92 Å². The minimum Gasteiger partial charge on any atom is -0.332 e. The molecule has 0 aliphatic heterocycles. The lowest BCUT2D eigenvalue weighted by Gasteiger charge is -2.24. The van der Waals surface area contributed by atoms with Crippen molar-refractivity contribution in [3.8, 4) is 0 Å². The van der Waals surface area contributed by atoms with Gasteiger partial charge in [-0.15, -0.1) is 5.10 Å². The fourth-order valence-electron chi connectivity index (χ4n) is 2.35. The fourth-order valence-corrected chi connectivity index (χ4v) is 3.07. The van der Waals surface area contributed by atoms with E-state index in [1.807, 2.05) is 32.0 Å². The summed E-state index contributed by atoms with van der Waals surface area (Å²) in [6.45, 7) is 6.18. The Bertz CT molecular complexity index is 654. The highest BCUT2D eigenvalue weighted by atomic mass is 32.1. The summed E-state index contributed by atoms with van der Waals surface area (Å²) in [7, 11) is 4.03. The molecule has 124 valence electrons. The zero-order chi connectivity index (χ0) is 16.8. The van der Waals surface area contributed by atoms with Crippen LogP contribution in [0.25, 0.3) is 0 Å². The average Bonchev–Trinajstić information content (AvgIpc) is 2.99. The first kappa shape index (κ1) is 17.6. The van der Waals surface area contributed by atoms with Crippen LogP contribution in [0.15, 0.2) is 24.3 Å². The van der Waals surface area contributed by atoms with Crippen molar-refractivity contribution in [2.45, 2.75) is 26.8 Å². The number of aromatic nitrogens is 2. The predicted octanol–water partition coefficient (Wildman–Crippen LogP) is 2.61. The standard InChI is InChI=1S/C17H24N4OS/c1-5-15-16(23-19-18-15)17(22)21(10-9-20(3)4)12-14-8-6-7-13(2)11-14/h6-8,11H,5,9-10,12H2,1-4H3. The number of nitrogens with zero attached hydrogens (tertiary/aromatic N) is 4. The van der Waals surface area contributed by atoms with Crippen LogP contribution in [0.5, 0.6) is 0 Å². The summed E-state index contributed by atoms with van der Waals surface area (Å²) in [5.74, 6) is 0.0280. The normalized spacial score (nSPS) is 11.0. The smallest absolute Gasteiger partial charge is 0.267 e. The van der Waals surface area contributed by atoms with Crippen LogP contribution >= 0.6 is 11.5 Å². The lowest BCUT2D eigenvalue weighted by Crippen LogP contribution is -2.36. The van der Waals surface area contributed by atoms with Crippen LogP contribution < -0.4 is 0 Å². The highest BCUT2D eigenvalue weighted by Gasteiger charge is 2.22. The van der Waals surface area contributed by atoms with Crippen molar-refractivity contribution in [2.75, 3.05) is 27.2 Å². The van der Waals surface area contributed by atoms with Crippen molar-refractivity contribution in [2.24, 2.45) is 0 Å². The molecule has 6 heteroatoms. The number of benzene rings is 1. The van der Waals surface area contributed by atoms with Gasteiger partial charge in [-0.25, -0.2) is 0 Å². The number of aryl methyl sites for hydroxylation is 2. The van der Waals surface area contributed by atoms with Crippen LogP contribution in [0.2, 0.25) is 0 Å². The third kappa shape index (κ3) is 4.84. The topological polar surface area (TPSA) is 49.3 Å². The minimum absolute atomic E-state index is 0.0280. The Morgan fingerprint density at radius 2 is 2.04 bits per heavy atom. The van der Waals surface area contributed by atoms with E-state index in [4.69, 9.17) is 0 Å². The molecule has 0 unspecified atom stereocenters. The van der Waals surface area contributed by atoms with Gasteiger partial charge < -0.3 is 9.80 Å². The molecule has 0 fully saturated rings. The Morgan fingerprint density at radius 3 is 2.70 bits per heavy atom. The van der Waals surface area contributed by atoms with Crippen LogP contribution in [0.1, 0.15) is 33.4 Å². The van der Waals surface area contributed by atoms with E-state index in [0.717, 1.165) is 24.2 Å². The van der Waals surface area contributed by atoms with E-state index in [2.05, 4.69) is 39.6 Å². The third-order valence-corrected chi connectivity index (χ3v) is 4.40. The zero-order valence-electron chi connectivity index (χ0n) is 14.2. The molecule has 5 nitrogen and oxygen atoms in total. The second-order valence-corrected chi connectivity index (χ2v) is 6.68. The molecule has 1 aromatic carbocycles. The molecular formula is C17H24N4OS. The molecule has 0 spiro atoms. The van der Waals surface area contributed by atoms with E-state index >= 15 is 0 Å². The molecule has 0 saturated carbocycles. The Labute approximate surface area is 142 Å². The second-order valence-electron chi connectivity index (χ2n) is 5.92. The van der Waals surface area contributed by atoms with Gasteiger partial charge >= 0.3 is 0 Å². The van der Waals surface area contributed by atoms with Gasteiger partial charge in [-0.2, -0.15) is 0 Å². The molecule has 0 saturated heterocycles. The van der Waals surface area contributed by atoms with Crippen molar-refractivity contribution in [1.82, 2.24) is 19.4 Å². The number of hydrogen-bond acceptors (Lipinski definition) is 5. The molecule has 1 amide bonds. The van der Waals surface area contributed by atoms with Crippen molar-refractivity contribution < 1.29 is 4.79 Å². The number of carbonyl (C=O) groups excluding carboxylic acids is 1. The number of rotatable bonds is 7. The maximum atomic E-state index is 12.9. The third-order valence-electron chi connectivity index (χ3n) is 3.65. The van der Waals surface area contributed by atoms with E-state index in [0.29, 0.717) is 18.0 Å². The number of carbonyl (C=O) groups is 1. The van der Waals surface area contributed by atoms with Gasteiger partial charge in [0.1, 0.15) is 4.88 Å². The van der Waals surface area contributed by atoms with E-state index in [9.17, 15) is 4.79 Å². The van der Waals surface area contributed by atoms with Gasteiger partial charge in [0.25, 0.3) is 5.91 Å². The molecule has 1 aromatic heterocycles. The van der Waals surface area contributed by atoms with Crippen molar-refractivity contribution in [3.63, 3.8) is 0 Å². The van der Waals surface area contributed by atoms with Crippen molar-refractivity contribution in [3.05, 3.63) is 46.0 Å². The number of hydrogen-bond donors (Lipinski definition) is 0. The summed E-state index contributed by atoms with van der Waals surface area (Å²) in [6, 6.07) is 8.29. The van der Waals surface area contributed by atoms with Gasteiger partial charge in [0.05, 0.1) is 5.69 Å². The van der Waals surface area contributed by atoms with Crippen molar-refractivity contribution >= 4 is 17.4 Å². The Morgan fingerprint density at radius 1 is 1.26 bits per heavy atom. The number of amides is 1. The molecule has 0 N–H and O–H groups in total. The minimum atomic E-state index is 0.0280. The molecule has 0 aliphatic carbocycles. The van der Waals surface area contributed by atoms with Crippen LogP contribution in [0.4, 0.5) is 0 Å². The van der Waals surface area contributed by atoms with Gasteiger partial charge in [-0.05, 0) is 44.5 Å². The molecule has 0 bridgehead atoms. The van der Waals surface area contributed by atoms with Gasteiger partial charge in [-0.1, -0.05) is 41.2 Å². The summed E-state index contributed by atoms with van der Waals surface area (Å²) >= 11 is 1.19. The van der Waals surface area contributed by atoms with Gasteiger partial charge in [0.15, 0.2) is 0 Å². The molecule has 0 radical (unpaired) electrons. The zero-order valence-corrected chi connectivity index (χ0v) is 15.1. The largest absolute Gasteiger partial charge is 0.332 e. The maximum absolute atomic E-state index is 12.9. The monoisotopic (exact) mass is 332 g/mol. The first-order chi connectivity index (χ1) is 11.0. The van der Waals surface area contributed by atoms with Crippen LogP contribution in [0.3, 0.4) is 0 Å².